The average molecular weight is 355 g/mol. The molecule has 2 aromatic rings. The maximum absolute atomic E-state index is 12.7. The predicted octanol–water partition coefficient (Wildman–Crippen LogP) is 2.23. The minimum absolute atomic E-state index is 0. The molecule has 0 aliphatic carbocycles. The van der Waals surface area contributed by atoms with Gasteiger partial charge in [0.2, 0.25) is 0 Å². The van der Waals surface area contributed by atoms with E-state index in [0.29, 0.717) is 25.3 Å². The van der Waals surface area contributed by atoms with Gasteiger partial charge in [-0.15, -0.1) is 23.7 Å². The summed E-state index contributed by atoms with van der Waals surface area (Å²) in [5.74, 6) is -0.0401. The molecule has 7 heteroatoms. The molecule has 0 saturated heterocycles. The predicted molar refractivity (Wildman–Crippen MR) is 97.0 cm³/mol. The van der Waals surface area contributed by atoms with Crippen molar-refractivity contribution < 1.29 is 4.79 Å². The highest BCUT2D eigenvalue weighted by Gasteiger charge is 2.19. The summed E-state index contributed by atoms with van der Waals surface area (Å²) in [6.07, 6.45) is 0. The van der Waals surface area contributed by atoms with Crippen molar-refractivity contribution in [2.24, 2.45) is 5.73 Å². The SMILES string of the molecule is CN(C)CCN(Cc1ccccc1)C(=O)c1csc(CN)n1.Cl. The Morgan fingerprint density at radius 2 is 1.91 bits per heavy atom. The summed E-state index contributed by atoms with van der Waals surface area (Å²) < 4.78 is 0. The Morgan fingerprint density at radius 1 is 1.22 bits per heavy atom. The number of nitrogens with zero attached hydrogens (tertiary/aromatic N) is 3. The highest BCUT2D eigenvalue weighted by Crippen LogP contribution is 2.13. The van der Waals surface area contributed by atoms with Crippen LogP contribution < -0.4 is 5.73 Å². The fourth-order valence-corrected chi connectivity index (χ4v) is 2.69. The van der Waals surface area contributed by atoms with E-state index in [0.717, 1.165) is 17.1 Å². The molecule has 0 aliphatic rings. The van der Waals surface area contributed by atoms with Crippen LogP contribution in [0.2, 0.25) is 0 Å². The molecule has 1 amide bonds. The monoisotopic (exact) mass is 354 g/mol. The molecular formula is C16H23ClN4OS. The first kappa shape index (κ1) is 19.6. The Hall–Kier alpha value is -1.47. The largest absolute Gasteiger partial charge is 0.332 e. The van der Waals surface area contributed by atoms with Gasteiger partial charge >= 0.3 is 0 Å². The number of likely N-dealkylation sites (N-methyl/N-ethyl adjacent to an activating group) is 1. The summed E-state index contributed by atoms with van der Waals surface area (Å²) in [7, 11) is 4.00. The second-order valence-corrected chi connectivity index (χ2v) is 6.29. The highest BCUT2D eigenvalue weighted by atomic mass is 35.5. The van der Waals surface area contributed by atoms with Crippen molar-refractivity contribution in [2.45, 2.75) is 13.1 Å². The molecule has 23 heavy (non-hydrogen) atoms. The van der Waals surface area contributed by atoms with E-state index in [1.54, 1.807) is 5.38 Å². The molecule has 0 spiro atoms. The molecule has 0 fully saturated rings. The molecular weight excluding hydrogens is 332 g/mol. The van der Waals surface area contributed by atoms with Gasteiger partial charge in [0, 0.05) is 31.6 Å². The Balaban J connectivity index is 0.00000264. The van der Waals surface area contributed by atoms with Gasteiger partial charge in [-0.05, 0) is 19.7 Å². The van der Waals surface area contributed by atoms with Gasteiger partial charge in [0.05, 0.1) is 0 Å². The van der Waals surface area contributed by atoms with Gasteiger partial charge in [0.25, 0.3) is 5.91 Å². The van der Waals surface area contributed by atoms with Gasteiger partial charge in [-0.3, -0.25) is 4.79 Å². The van der Waals surface area contributed by atoms with Crippen molar-refractivity contribution in [3.05, 3.63) is 52.0 Å². The van der Waals surface area contributed by atoms with Crippen LogP contribution in [0.1, 0.15) is 21.1 Å². The number of carbonyl (C=O) groups excluding carboxylic acids is 1. The first-order chi connectivity index (χ1) is 10.6. The van der Waals surface area contributed by atoms with Crippen molar-refractivity contribution in [3.63, 3.8) is 0 Å². The summed E-state index contributed by atoms with van der Waals surface area (Å²) in [5.41, 5.74) is 7.18. The smallest absolute Gasteiger partial charge is 0.273 e. The summed E-state index contributed by atoms with van der Waals surface area (Å²) in [5, 5.41) is 2.58. The van der Waals surface area contributed by atoms with Crippen LogP contribution in [0.4, 0.5) is 0 Å². The van der Waals surface area contributed by atoms with Crippen LogP contribution in [-0.2, 0) is 13.1 Å². The van der Waals surface area contributed by atoms with Gasteiger partial charge in [0.1, 0.15) is 10.7 Å². The third-order valence-corrected chi connectivity index (χ3v) is 4.14. The number of carbonyl (C=O) groups is 1. The van der Waals surface area contributed by atoms with Crippen LogP contribution in [0.5, 0.6) is 0 Å². The molecule has 1 heterocycles. The minimum Gasteiger partial charge on any atom is -0.332 e. The van der Waals surface area contributed by atoms with Crippen LogP contribution >= 0.6 is 23.7 Å². The van der Waals surface area contributed by atoms with Crippen molar-refractivity contribution in [1.29, 1.82) is 0 Å². The summed E-state index contributed by atoms with van der Waals surface area (Å²) in [4.78, 5) is 20.9. The van der Waals surface area contributed by atoms with E-state index in [4.69, 9.17) is 5.73 Å². The van der Waals surface area contributed by atoms with Crippen molar-refractivity contribution in [3.8, 4) is 0 Å². The maximum Gasteiger partial charge on any atom is 0.273 e. The third-order valence-electron chi connectivity index (χ3n) is 3.27. The zero-order valence-electron chi connectivity index (χ0n) is 13.4. The topological polar surface area (TPSA) is 62.5 Å². The molecule has 0 atom stereocenters. The van der Waals surface area contributed by atoms with Crippen LogP contribution in [-0.4, -0.2) is 47.9 Å². The lowest BCUT2D eigenvalue weighted by atomic mass is 10.2. The molecule has 2 N–H and O–H groups in total. The second-order valence-electron chi connectivity index (χ2n) is 5.35. The number of hydrogen-bond acceptors (Lipinski definition) is 5. The standard InChI is InChI=1S/C16H22N4OS.ClH/c1-19(2)8-9-20(11-13-6-4-3-5-7-13)16(21)14-12-22-15(10-17)18-14;/h3-7,12H,8-11,17H2,1-2H3;1H. The minimum atomic E-state index is -0.0401. The van der Waals surface area contributed by atoms with Gasteiger partial charge in [0.15, 0.2) is 0 Å². The van der Waals surface area contributed by atoms with Gasteiger partial charge in [-0.2, -0.15) is 0 Å². The van der Waals surface area contributed by atoms with E-state index in [1.807, 2.05) is 49.3 Å². The van der Waals surface area contributed by atoms with Gasteiger partial charge in [-0.1, -0.05) is 30.3 Å². The molecule has 126 valence electrons. The first-order valence-corrected chi connectivity index (χ1v) is 8.10. The van der Waals surface area contributed by atoms with Gasteiger partial charge in [-0.25, -0.2) is 4.98 Å². The number of hydrogen-bond donors (Lipinski definition) is 1. The molecule has 5 nitrogen and oxygen atoms in total. The quantitative estimate of drug-likeness (QED) is 0.828. The molecule has 0 bridgehead atoms. The first-order valence-electron chi connectivity index (χ1n) is 7.22. The average Bonchev–Trinajstić information content (AvgIpc) is 3.00. The zero-order chi connectivity index (χ0) is 15.9. The van der Waals surface area contributed by atoms with E-state index in [-0.39, 0.29) is 18.3 Å². The van der Waals surface area contributed by atoms with Crippen molar-refractivity contribution in [1.82, 2.24) is 14.8 Å². The van der Waals surface area contributed by atoms with E-state index >= 15 is 0 Å². The number of aromatic nitrogens is 1. The van der Waals surface area contributed by atoms with Crippen molar-refractivity contribution in [2.75, 3.05) is 27.2 Å². The van der Waals surface area contributed by atoms with Crippen LogP contribution in [0, 0.1) is 0 Å². The summed E-state index contributed by atoms with van der Waals surface area (Å²) >= 11 is 1.43. The Morgan fingerprint density at radius 3 is 2.48 bits per heavy atom. The van der Waals surface area contributed by atoms with Crippen LogP contribution in [0.15, 0.2) is 35.7 Å². The van der Waals surface area contributed by atoms with Gasteiger partial charge < -0.3 is 15.5 Å². The molecule has 2 rings (SSSR count). The van der Waals surface area contributed by atoms with Crippen molar-refractivity contribution >= 4 is 29.7 Å². The lowest BCUT2D eigenvalue weighted by molar-refractivity contribution is 0.0726. The molecule has 0 unspecified atom stereocenters. The number of benzene rings is 1. The number of thiazole rings is 1. The molecule has 0 aliphatic heterocycles. The van der Waals surface area contributed by atoms with Crippen LogP contribution in [0.3, 0.4) is 0 Å². The summed E-state index contributed by atoms with van der Waals surface area (Å²) in [6, 6.07) is 10.0. The number of amides is 1. The molecule has 1 aromatic carbocycles. The van der Waals surface area contributed by atoms with E-state index in [1.165, 1.54) is 11.3 Å². The van der Waals surface area contributed by atoms with E-state index in [2.05, 4.69) is 9.88 Å². The Kier molecular flexibility index (Phi) is 8.19. The lowest BCUT2D eigenvalue weighted by Gasteiger charge is -2.24. The van der Waals surface area contributed by atoms with E-state index in [9.17, 15) is 4.79 Å². The Labute approximate surface area is 147 Å². The second kappa shape index (κ2) is 9.62. The number of nitrogens with two attached hydrogens (primary N) is 1. The lowest BCUT2D eigenvalue weighted by Crippen LogP contribution is -2.36. The summed E-state index contributed by atoms with van der Waals surface area (Å²) in [6.45, 7) is 2.43. The number of rotatable bonds is 7. The normalized spacial score (nSPS) is 10.4. The Bertz CT molecular complexity index is 603. The molecule has 0 radical (unpaired) electrons. The zero-order valence-corrected chi connectivity index (χ0v) is 15.1. The van der Waals surface area contributed by atoms with Crippen LogP contribution in [0.25, 0.3) is 0 Å². The molecule has 0 saturated carbocycles. The fourth-order valence-electron chi connectivity index (χ4n) is 2.04. The fraction of sp³-hybridized carbons (Fsp3) is 0.375. The third kappa shape index (κ3) is 5.91. The molecule has 1 aromatic heterocycles. The number of halogens is 1. The maximum atomic E-state index is 12.7. The highest BCUT2D eigenvalue weighted by molar-refractivity contribution is 7.09. The van der Waals surface area contributed by atoms with E-state index < -0.39 is 0 Å².